The minimum absolute atomic E-state index is 1.08. The topological polar surface area (TPSA) is 16.3 Å². The van der Waals surface area contributed by atoms with Crippen molar-refractivity contribution < 1.29 is 0 Å². The summed E-state index contributed by atoms with van der Waals surface area (Å²) in [4.78, 5) is 4.84. The molecule has 4 heteroatoms. The molecule has 0 atom stereocenters. The molecule has 11 aromatic carbocycles. The van der Waals surface area contributed by atoms with E-state index in [1.807, 2.05) is 0 Å². The van der Waals surface area contributed by atoms with Gasteiger partial charge in [0.25, 0.3) is 0 Å². The molecule has 0 spiro atoms. The average Bonchev–Trinajstić information content (AvgIpc) is 3.92. The maximum absolute atomic E-state index is 2.43. The normalized spacial score (nSPS) is 12.1. The van der Waals surface area contributed by atoms with Gasteiger partial charge in [-0.1, -0.05) is 146 Å². The highest BCUT2D eigenvalue weighted by Gasteiger charge is 2.27. The third-order valence-corrected chi connectivity index (χ3v) is 14.0. The second kappa shape index (κ2) is 15.2. The predicted molar refractivity (Wildman–Crippen MR) is 286 cm³/mol. The number of nitrogens with zero attached hydrogens (tertiary/aromatic N) is 4. The van der Waals surface area contributed by atoms with E-state index in [2.05, 4.69) is 274 Å². The Morgan fingerprint density at radius 2 is 0.721 bits per heavy atom. The summed E-state index contributed by atoms with van der Waals surface area (Å²) < 4.78 is 4.77. The van der Waals surface area contributed by atoms with Crippen LogP contribution in [0.25, 0.3) is 88.0 Å². The molecule has 0 bridgehead atoms. The van der Waals surface area contributed by atoms with Gasteiger partial charge in [-0.05, 0) is 131 Å². The summed E-state index contributed by atoms with van der Waals surface area (Å²) in [7, 11) is 0. The average molecular weight is 867 g/mol. The third kappa shape index (κ3) is 5.81. The third-order valence-electron chi connectivity index (χ3n) is 14.0. The van der Waals surface area contributed by atoms with Crippen LogP contribution in [0.1, 0.15) is 0 Å². The number of para-hydroxylation sites is 6. The number of benzene rings is 11. The van der Waals surface area contributed by atoms with E-state index >= 15 is 0 Å². The van der Waals surface area contributed by atoms with Gasteiger partial charge >= 0.3 is 0 Å². The molecule has 3 heterocycles. The van der Waals surface area contributed by atoms with Crippen LogP contribution in [0.4, 0.5) is 34.1 Å². The zero-order chi connectivity index (χ0) is 44.7. The highest BCUT2D eigenvalue weighted by Crippen LogP contribution is 2.52. The molecule has 0 radical (unpaired) electrons. The highest BCUT2D eigenvalue weighted by atomic mass is 15.2. The molecule has 0 aliphatic carbocycles. The molecule has 4 nitrogen and oxygen atoms in total. The van der Waals surface area contributed by atoms with Crippen molar-refractivity contribution in [2.45, 2.75) is 0 Å². The Bertz CT molecular complexity index is 3920. The zero-order valence-corrected chi connectivity index (χ0v) is 37.0. The first-order valence-corrected chi connectivity index (χ1v) is 23.3. The fourth-order valence-electron chi connectivity index (χ4n) is 11.1. The van der Waals surface area contributed by atoms with Crippen LogP contribution in [-0.4, -0.2) is 9.13 Å². The lowest BCUT2D eigenvalue weighted by atomic mass is 9.87. The Hall–Kier alpha value is -9.12. The van der Waals surface area contributed by atoms with Crippen LogP contribution in [0.3, 0.4) is 0 Å². The van der Waals surface area contributed by atoms with E-state index in [4.69, 9.17) is 0 Å². The second-order valence-corrected chi connectivity index (χ2v) is 17.7. The molecule has 0 saturated carbocycles. The lowest BCUT2D eigenvalue weighted by Gasteiger charge is -2.34. The lowest BCUT2D eigenvalue weighted by Crippen LogP contribution is -2.14. The van der Waals surface area contributed by atoms with Crippen molar-refractivity contribution in [3.05, 3.63) is 255 Å². The number of hydrogen-bond acceptors (Lipinski definition) is 2. The molecular formula is C64H42N4. The second-order valence-electron chi connectivity index (χ2n) is 17.7. The van der Waals surface area contributed by atoms with Crippen LogP contribution in [0.15, 0.2) is 255 Å². The van der Waals surface area contributed by atoms with E-state index in [1.54, 1.807) is 0 Å². The Balaban J connectivity index is 0.954. The van der Waals surface area contributed by atoms with Crippen LogP contribution in [0.5, 0.6) is 0 Å². The van der Waals surface area contributed by atoms with Gasteiger partial charge in [0.2, 0.25) is 0 Å². The summed E-state index contributed by atoms with van der Waals surface area (Å²) in [6, 6.07) is 93.0. The van der Waals surface area contributed by atoms with Crippen LogP contribution >= 0.6 is 0 Å². The van der Waals surface area contributed by atoms with Gasteiger partial charge in [0, 0.05) is 66.6 Å². The number of hydrogen-bond donors (Lipinski definition) is 0. The molecule has 0 saturated heterocycles. The molecular weight excluding hydrogens is 825 g/mol. The van der Waals surface area contributed by atoms with Crippen molar-refractivity contribution >= 4 is 88.5 Å². The first-order valence-electron chi connectivity index (χ1n) is 23.3. The fraction of sp³-hybridized carbons (Fsp3) is 0. The Kier molecular flexibility index (Phi) is 8.55. The molecule has 68 heavy (non-hydrogen) atoms. The number of rotatable bonds is 7. The van der Waals surface area contributed by atoms with Crippen molar-refractivity contribution in [3.63, 3.8) is 0 Å². The van der Waals surface area contributed by atoms with Gasteiger partial charge in [0.05, 0.1) is 33.4 Å². The number of fused-ring (bicyclic) bond motifs is 8. The SMILES string of the molecule is c1ccc(N2c3ccccc3-c3ccc(-c4ccc(N(c5ccc6c(c5)c5ccccc5n6-c5ccccc5)c5ccc6c(c5)c5ccccc5n6-c5ccccc5)cc4)c4cccc2c34)cc1. The first kappa shape index (κ1) is 38.2. The largest absolute Gasteiger partial charge is 0.310 e. The van der Waals surface area contributed by atoms with Gasteiger partial charge in [0.15, 0.2) is 0 Å². The molecule has 0 amide bonds. The standard InChI is InChI=1S/C64H42N4/c1-4-17-44(18-5-1)66-59-28-14-11-24-52(59)56-41-48(35-39-61(56)66)65(49-36-40-62-57(42-49)53-25-12-15-29-60(53)67(62)45-19-6-2-7-20-45)47-33-31-43(32-34-47)50-37-38-55-51-23-10-13-27-58(51)68(46-21-8-3-9-22-46)63-30-16-26-54(50)64(55)63/h1-42H. The van der Waals surface area contributed by atoms with E-state index in [0.717, 1.165) is 34.1 Å². The maximum Gasteiger partial charge on any atom is 0.0546 e. The van der Waals surface area contributed by atoms with Crippen molar-refractivity contribution in [3.8, 4) is 33.6 Å². The van der Waals surface area contributed by atoms with Gasteiger partial charge < -0.3 is 18.9 Å². The Morgan fingerprint density at radius 1 is 0.265 bits per heavy atom. The minimum atomic E-state index is 1.08. The van der Waals surface area contributed by atoms with E-state index in [0.29, 0.717) is 0 Å². The number of aromatic nitrogens is 2. The molecule has 0 N–H and O–H groups in total. The minimum Gasteiger partial charge on any atom is -0.310 e. The van der Waals surface area contributed by atoms with Crippen molar-refractivity contribution in [2.24, 2.45) is 0 Å². The Labute approximate surface area is 394 Å². The van der Waals surface area contributed by atoms with Crippen molar-refractivity contribution in [2.75, 3.05) is 9.80 Å². The van der Waals surface area contributed by atoms with Gasteiger partial charge in [-0.3, -0.25) is 0 Å². The summed E-state index contributed by atoms with van der Waals surface area (Å²) in [5, 5.41) is 7.37. The maximum atomic E-state index is 2.43. The molecule has 1 aliphatic rings. The molecule has 0 unspecified atom stereocenters. The molecule has 318 valence electrons. The van der Waals surface area contributed by atoms with Crippen LogP contribution in [0, 0.1) is 0 Å². The summed E-state index contributed by atoms with van der Waals surface area (Å²) in [5.41, 5.74) is 18.7. The van der Waals surface area contributed by atoms with E-state index in [9.17, 15) is 0 Å². The first-order chi connectivity index (χ1) is 33.8. The monoisotopic (exact) mass is 866 g/mol. The van der Waals surface area contributed by atoms with Crippen LogP contribution < -0.4 is 9.80 Å². The molecule has 14 rings (SSSR count). The van der Waals surface area contributed by atoms with Gasteiger partial charge in [0.1, 0.15) is 0 Å². The summed E-state index contributed by atoms with van der Waals surface area (Å²) in [5.74, 6) is 0. The van der Waals surface area contributed by atoms with Crippen LogP contribution in [-0.2, 0) is 0 Å². The van der Waals surface area contributed by atoms with Crippen LogP contribution in [0.2, 0.25) is 0 Å². The summed E-state index contributed by atoms with van der Waals surface area (Å²) in [6.45, 7) is 0. The quantitative estimate of drug-likeness (QED) is 0.159. The molecule has 0 fully saturated rings. The van der Waals surface area contributed by atoms with E-state index in [-0.39, 0.29) is 0 Å². The van der Waals surface area contributed by atoms with Crippen molar-refractivity contribution in [1.29, 1.82) is 0 Å². The lowest BCUT2D eigenvalue weighted by molar-refractivity contribution is 1.18. The predicted octanol–water partition coefficient (Wildman–Crippen LogP) is 17.6. The highest BCUT2D eigenvalue weighted by molar-refractivity contribution is 6.18. The molecule has 1 aliphatic heterocycles. The number of anilines is 6. The fourth-order valence-corrected chi connectivity index (χ4v) is 11.1. The van der Waals surface area contributed by atoms with Gasteiger partial charge in [-0.15, -0.1) is 0 Å². The van der Waals surface area contributed by atoms with Gasteiger partial charge in [-0.25, -0.2) is 0 Å². The van der Waals surface area contributed by atoms with Gasteiger partial charge in [-0.2, -0.15) is 0 Å². The van der Waals surface area contributed by atoms with Crippen molar-refractivity contribution in [1.82, 2.24) is 9.13 Å². The summed E-state index contributed by atoms with van der Waals surface area (Å²) >= 11 is 0. The molecule has 2 aromatic heterocycles. The molecule has 13 aromatic rings. The zero-order valence-electron chi connectivity index (χ0n) is 37.0. The van der Waals surface area contributed by atoms with E-state index < -0.39 is 0 Å². The van der Waals surface area contributed by atoms with E-state index in [1.165, 1.54) is 88.0 Å². The smallest absolute Gasteiger partial charge is 0.0546 e. The Morgan fingerprint density at radius 3 is 1.32 bits per heavy atom. The summed E-state index contributed by atoms with van der Waals surface area (Å²) in [6.07, 6.45) is 0.